The lowest BCUT2D eigenvalue weighted by Gasteiger charge is -2.24. The Hall–Kier alpha value is -2.59. The van der Waals surface area contributed by atoms with Crippen LogP contribution in [0.4, 0.5) is 5.69 Å². The number of rotatable bonds is 3. The van der Waals surface area contributed by atoms with Crippen molar-refractivity contribution in [2.45, 2.75) is 36.1 Å². The van der Waals surface area contributed by atoms with Crippen molar-refractivity contribution in [3.05, 3.63) is 36.4 Å². The fraction of sp³-hybridized carbons (Fsp3) is 0.333. The highest BCUT2D eigenvalue weighted by Gasteiger charge is 2.39. The van der Waals surface area contributed by atoms with Gasteiger partial charge in [-0.3, -0.25) is 9.10 Å². The molecule has 0 bridgehead atoms. The van der Waals surface area contributed by atoms with Crippen LogP contribution in [0.25, 0.3) is 10.8 Å². The molecule has 0 spiro atoms. The third kappa shape index (κ3) is 2.36. The molecule has 1 aliphatic carbocycles. The molecule has 1 amide bonds. The summed E-state index contributed by atoms with van der Waals surface area (Å²) in [4.78, 5) is 12.7. The lowest BCUT2D eigenvalue weighted by atomic mass is 10.00. The minimum atomic E-state index is -3.76. The van der Waals surface area contributed by atoms with Crippen molar-refractivity contribution in [2.75, 3.05) is 10.8 Å². The van der Waals surface area contributed by atoms with Gasteiger partial charge >= 0.3 is 0 Å². The van der Waals surface area contributed by atoms with Crippen LogP contribution in [0.1, 0.15) is 25.7 Å². The average molecular weight is 355 g/mol. The van der Waals surface area contributed by atoms with E-state index in [9.17, 15) is 18.5 Å². The molecule has 128 valence electrons. The van der Waals surface area contributed by atoms with Gasteiger partial charge in [-0.25, -0.2) is 8.42 Å². The summed E-state index contributed by atoms with van der Waals surface area (Å²) in [5.74, 6) is -0.447. The van der Waals surface area contributed by atoms with Crippen LogP contribution >= 0.6 is 0 Å². The molecule has 0 unspecified atom stereocenters. The molecule has 0 atom stereocenters. The third-order valence-corrected chi connectivity index (χ3v) is 6.82. The minimum absolute atomic E-state index is 0.226. The molecular weight excluding hydrogens is 338 g/mol. The molecule has 1 aliphatic heterocycles. The van der Waals surface area contributed by atoms with Gasteiger partial charge in [-0.2, -0.15) is 5.26 Å². The molecule has 0 radical (unpaired) electrons. The Morgan fingerprint density at radius 1 is 1.20 bits per heavy atom. The maximum Gasteiger partial charge on any atom is 0.265 e. The fourth-order valence-electron chi connectivity index (χ4n) is 3.81. The van der Waals surface area contributed by atoms with Crippen LogP contribution < -0.4 is 9.62 Å². The Labute approximate surface area is 146 Å². The Bertz CT molecular complexity index is 1010. The van der Waals surface area contributed by atoms with Crippen LogP contribution in [0.3, 0.4) is 0 Å². The molecule has 2 aromatic rings. The Kier molecular flexibility index (Phi) is 3.48. The Morgan fingerprint density at radius 3 is 2.56 bits per heavy atom. The summed E-state index contributed by atoms with van der Waals surface area (Å²) in [6, 6.07) is 12.6. The number of sulfonamides is 1. The molecule has 2 aromatic carbocycles. The van der Waals surface area contributed by atoms with Gasteiger partial charge in [-0.1, -0.05) is 24.3 Å². The largest absolute Gasteiger partial charge is 0.336 e. The van der Waals surface area contributed by atoms with Gasteiger partial charge in [0.15, 0.2) is 0 Å². The number of nitrogens with one attached hydrogen (secondary N) is 1. The summed E-state index contributed by atoms with van der Waals surface area (Å²) >= 11 is 0. The topological polar surface area (TPSA) is 90.3 Å². The first kappa shape index (κ1) is 15.9. The van der Waals surface area contributed by atoms with E-state index < -0.39 is 21.5 Å². The number of nitriles is 1. The summed E-state index contributed by atoms with van der Waals surface area (Å²) < 4.78 is 26.9. The third-order valence-electron chi connectivity index (χ3n) is 5.02. The van der Waals surface area contributed by atoms with E-state index in [0.29, 0.717) is 23.9 Å². The van der Waals surface area contributed by atoms with E-state index in [0.717, 1.165) is 22.5 Å². The molecule has 0 saturated heterocycles. The molecule has 7 heteroatoms. The SMILES string of the molecule is N#CC1(NC(=O)CN2c3cccc4cccc(c34)S2(=O)=O)CCCC1. The lowest BCUT2D eigenvalue weighted by molar-refractivity contribution is -0.120. The van der Waals surface area contributed by atoms with E-state index in [2.05, 4.69) is 11.4 Å². The standard InChI is InChI=1S/C18H17N3O3S/c19-12-18(9-1-2-10-18)20-16(22)11-21-14-7-3-5-13-6-4-8-15(17(13)14)25(21,23)24/h3-8H,1-2,9-11H2,(H,20,22). The molecule has 1 N–H and O–H groups in total. The minimum Gasteiger partial charge on any atom is -0.336 e. The van der Waals surface area contributed by atoms with Crippen LogP contribution in [0.5, 0.6) is 0 Å². The molecule has 1 saturated carbocycles. The molecule has 25 heavy (non-hydrogen) atoms. The van der Waals surface area contributed by atoms with E-state index in [1.54, 1.807) is 24.3 Å². The first-order chi connectivity index (χ1) is 12.0. The maximum atomic E-state index is 12.9. The molecule has 1 fully saturated rings. The van der Waals surface area contributed by atoms with Crippen molar-refractivity contribution >= 4 is 32.4 Å². The predicted octanol–water partition coefficient (Wildman–Crippen LogP) is 2.30. The smallest absolute Gasteiger partial charge is 0.265 e. The van der Waals surface area contributed by atoms with Crippen LogP contribution in [0, 0.1) is 11.3 Å². The zero-order valence-corrected chi connectivity index (χ0v) is 14.3. The quantitative estimate of drug-likeness (QED) is 0.915. The highest BCUT2D eigenvalue weighted by atomic mass is 32.2. The first-order valence-corrected chi connectivity index (χ1v) is 9.68. The van der Waals surface area contributed by atoms with E-state index in [-0.39, 0.29) is 11.4 Å². The van der Waals surface area contributed by atoms with E-state index in [4.69, 9.17) is 0 Å². The highest BCUT2D eigenvalue weighted by Crippen LogP contribution is 2.41. The number of hydrogen-bond donors (Lipinski definition) is 1. The lowest BCUT2D eigenvalue weighted by Crippen LogP contribution is -2.49. The molecular formula is C18H17N3O3S. The van der Waals surface area contributed by atoms with Crippen LogP contribution in [-0.4, -0.2) is 26.4 Å². The van der Waals surface area contributed by atoms with Gasteiger partial charge < -0.3 is 5.32 Å². The maximum absolute atomic E-state index is 12.9. The number of carbonyl (C=O) groups is 1. The average Bonchev–Trinajstić information content (AvgIpc) is 3.14. The van der Waals surface area contributed by atoms with Gasteiger partial charge in [0, 0.05) is 5.39 Å². The second-order valence-electron chi connectivity index (χ2n) is 6.59. The summed E-state index contributed by atoms with van der Waals surface area (Å²) in [6.07, 6.45) is 3.00. The van der Waals surface area contributed by atoms with Gasteiger partial charge in [0.05, 0.1) is 16.7 Å². The van der Waals surface area contributed by atoms with E-state index in [1.165, 1.54) is 0 Å². The first-order valence-electron chi connectivity index (χ1n) is 8.24. The van der Waals surface area contributed by atoms with Crippen LogP contribution in [-0.2, 0) is 14.8 Å². The number of amides is 1. The van der Waals surface area contributed by atoms with E-state index in [1.807, 2.05) is 12.1 Å². The van der Waals surface area contributed by atoms with Crippen molar-refractivity contribution in [1.29, 1.82) is 5.26 Å². The fourth-order valence-corrected chi connectivity index (χ4v) is 5.48. The molecule has 4 rings (SSSR count). The monoisotopic (exact) mass is 355 g/mol. The Balaban J connectivity index is 1.67. The highest BCUT2D eigenvalue weighted by molar-refractivity contribution is 7.93. The predicted molar refractivity (Wildman–Crippen MR) is 93.4 cm³/mol. The number of nitrogens with zero attached hydrogens (tertiary/aromatic N) is 2. The van der Waals surface area contributed by atoms with Crippen molar-refractivity contribution in [3.8, 4) is 6.07 Å². The number of benzene rings is 2. The van der Waals surface area contributed by atoms with Crippen LogP contribution in [0.15, 0.2) is 41.3 Å². The summed E-state index contributed by atoms with van der Waals surface area (Å²) in [5.41, 5.74) is -0.347. The zero-order chi connectivity index (χ0) is 17.7. The van der Waals surface area contributed by atoms with Crippen LogP contribution in [0.2, 0.25) is 0 Å². The van der Waals surface area contributed by atoms with Gasteiger partial charge in [-0.05, 0) is 43.2 Å². The summed E-state index contributed by atoms with van der Waals surface area (Å²) in [7, 11) is -3.76. The second kappa shape index (κ2) is 5.46. The van der Waals surface area contributed by atoms with Gasteiger partial charge in [0.2, 0.25) is 5.91 Å². The molecule has 6 nitrogen and oxygen atoms in total. The number of anilines is 1. The summed E-state index contributed by atoms with van der Waals surface area (Å²) in [6.45, 7) is -0.320. The number of hydrogen-bond acceptors (Lipinski definition) is 4. The zero-order valence-electron chi connectivity index (χ0n) is 13.5. The van der Waals surface area contributed by atoms with Crippen molar-refractivity contribution in [1.82, 2.24) is 5.32 Å². The van der Waals surface area contributed by atoms with Crippen molar-refractivity contribution in [3.63, 3.8) is 0 Å². The van der Waals surface area contributed by atoms with Gasteiger partial charge in [-0.15, -0.1) is 0 Å². The van der Waals surface area contributed by atoms with Gasteiger partial charge in [0.25, 0.3) is 10.0 Å². The molecule has 2 aliphatic rings. The summed E-state index contributed by atoms with van der Waals surface area (Å²) in [5, 5.41) is 13.6. The van der Waals surface area contributed by atoms with Gasteiger partial charge in [0.1, 0.15) is 12.1 Å². The van der Waals surface area contributed by atoms with E-state index >= 15 is 0 Å². The second-order valence-corrected chi connectivity index (χ2v) is 8.42. The molecule has 1 heterocycles. The van der Waals surface area contributed by atoms with Crippen molar-refractivity contribution in [2.24, 2.45) is 0 Å². The number of carbonyl (C=O) groups excluding carboxylic acids is 1. The normalized spacial score (nSPS) is 19.7. The van der Waals surface area contributed by atoms with Crippen molar-refractivity contribution < 1.29 is 13.2 Å². The Morgan fingerprint density at radius 2 is 1.88 bits per heavy atom. The molecule has 0 aromatic heterocycles.